The first kappa shape index (κ1) is 10.4. The molecule has 76 valence electrons. The summed E-state index contributed by atoms with van der Waals surface area (Å²) < 4.78 is 33.8. The highest BCUT2D eigenvalue weighted by Crippen LogP contribution is 2.19. The molecular formula is C6H10FNO4S. The van der Waals surface area contributed by atoms with E-state index in [2.05, 4.69) is 0 Å². The molecule has 0 spiro atoms. The number of aliphatic carboxylic acids is 1. The van der Waals surface area contributed by atoms with Gasteiger partial charge in [-0.2, -0.15) is 12.7 Å². The zero-order chi connectivity index (χ0) is 10.1. The van der Waals surface area contributed by atoms with E-state index in [0.29, 0.717) is 4.31 Å². The summed E-state index contributed by atoms with van der Waals surface area (Å²) in [5.74, 6) is -1.49. The Hall–Kier alpha value is -0.690. The summed E-state index contributed by atoms with van der Waals surface area (Å²) in [7, 11) is -4.63. The van der Waals surface area contributed by atoms with Crippen LogP contribution in [0.25, 0.3) is 0 Å². The van der Waals surface area contributed by atoms with E-state index in [-0.39, 0.29) is 25.9 Å². The van der Waals surface area contributed by atoms with Gasteiger partial charge in [0.05, 0.1) is 5.92 Å². The molecule has 1 saturated heterocycles. The highest BCUT2D eigenvalue weighted by molar-refractivity contribution is 7.83. The molecule has 13 heavy (non-hydrogen) atoms. The standard InChI is InChI=1S/C6H10FNO4S/c7-13(11,12)8-3-1-5(2-4-8)6(9)10/h5H,1-4H2,(H,9,10). The lowest BCUT2D eigenvalue weighted by Crippen LogP contribution is -2.38. The number of rotatable bonds is 2. The number of piperidine rings is 1. The van der Waals surface area contributed by atoms with Gasteiger partial charge in [0.25, 0.3) is 0 Å². The first-order valence-electron chi connectivity index (χ1n) is 3.84. The number of halogens is 1. The van der Waals surface area contributed by atoms with Gasteiger partial charge in [-0.1, -0.05) is 3.89 Å². The maximum Gasteiger partial charge on any atom is 0.374 e. The number of carbonyl (C=O) groups is 1. The largest absolute Gasteiger partial charge is 0.481 e. The fraction of sp³-hybridized carbons (Fsp3) is 0.833. The Labute approximate surface area is 75.5 Å². The number of carboxylic acid groups (broad SMARTS) is 1. The zero-order valence-corrected chi connectivity index (χ0v) is 7.63. The van der Waals surface area contributed by atoms with Gasteiger partial charge in [-0.05, 0) is 12.8 Å². The van der Waals surface area contributed by atoms with Crippen LogP contribution in [-0.4, -0.2) is 36.9 Å². The van der Waals surface area contributed by atoms with Crippen LogP contribution in [0.4, 0.5) is 3.89 Å². The molecule has 7 heteroatoms. The van der Waals surface area contributed by atoms with Crippen LogP contribution in [0.3, 0.4) is 0 Å². The van der Waals surface area contributed by atoms with E-state index >= 15 is 0 Å². The van der Waals surface area contributed by atoms with Gasteiger partial charge in [-0.25, -0.2) is 0 Å². The average Bonchev–Trinajstić information content (AvgIpc) is 2.03. The molecule has 0 aromatic carbocycles. The van der Waals surface area contributed by atoms with E-state index in [1.165, 1.54) is 0 Å². The molecule has 0 radical (unpaired) electrons. The molecule has 1 aliphatic rings. The van der Waals surface area contributed by atoms with Crippen LogP contribution in [-0.2, 0) is 15.2 Å². The van der Waals surface area contributed by atoms with Crippen LogP contribution < -0.4 is 0 Å². The van der Waals surface area contributed by atoms with Crippen LogP contribution in [0.5, 0.6) is 0 Å². The van der Waals surface area contributed by atoms with Gasteiger partial charge in [-0.15, -0.1) is 0 Å². The molecule has 0 atom stereocenters. The van der Waals surface area contributed by atoms with Crippen molar-refractivity contribution in [2.24, 2.45) is 5.92 Å². The Balaban J connectivity index is 2.53. The molecule has 0 bridgehead atoms. The maximum absolute atomic E-state index is 12.4. The molecule has 0 saturated carbocycles. The molecular weight excluding hydrogens is 201 g/mol. The van der Waals surface area contributed by atoms with Crippen molar-refractivity contribution in [2.75, 3.05) is 13.1 Å². The van der Waals surface area contributed by atoms with Gasteiger partial charge in [0.2, 0.25) is 0 Å². The highest BCUT2D eigenvalue weighted by Gasteiger charge is 2.30. The Morgan fingerprint density at radius 3 is 2.15 bits per heavy atom. The minimum atomic E-state index is -4.63. The topological polar surface area (TPSA) is 74.7 Å². The third-order valence-corrected chi connectivity index (χ3v) is 3.09. The van der Waals surface area contributed by atoms with Crippen LogP contribution in [0.1, 0.15) is 12.8 Å². The SMILES string of the molecule is O=C(O)C1CCN(S(=O)(=O)F)CC1. The van der Waals surface area contributed by atoms with Gasteiger partial charge in [0.1, 0.15) is 0 Å². The monoisotopic (exact) mass is 211 g/mol. The summed E-state index contributed by atoms with van der Waals surface area (Å²) in [5.41, 5.74) is 0. The Morgan fingerprint density at radius 1 is 1.38 bits per heavy atom. The first-order chi connectivity index (χ1) is 5.91. The van der Waals surface area contributed by atoms with Gasteiger partial charge in [0, 0.05) is 13.1 Å². The van der Waals surface area contributed by atoms with Crippen molar-refractivity contribution >= 4 is 16.4 Å². The molecule has 1 N–H and O–H groups in total. The van der Waals surface area contributed by atoms with Crippen LogP contribution >= 0.6 is 0 Å². The number of nitrogens with zero attached hydrogens (tertiary/aromatic N) is 1. The fourth-order valence-electron chi connectivity index (χ4n) is 1.32. The van der Waals surface area contributed by atoms with E-state index in [1.54, 1.807) is 0 Å². The Bertz CT molecular complexity index is 294. The third kappa shape index (κ3) is 2.63. The lowest BCUT2D eigenvalue weighted by molar-refractivity contribution is -0.142. The first-order valence-corrected chi connectivity index (χ1v) is 5.18. The minimum absolute atomic E-state index is 0.0458. The van der Waals surface area contributed by atoms with Crippen molar-refractivity contribution in [1.29, 1.82) is 0 Å². The molecule has 0 aromatic rings. The van der Waals surface area contributed by atoms with Crippen LogP contribution in [0, 0.1) is 5.92 Å². The molecule has 0 aromatic heterocycles. The van der Waals surface area contributed by atoms with Gasteiger partial charge in [0.15, 0.2) is 0 Å². The van der Waals surface area contributed by atoms with E-state index in [1.807, 2.05) is 0 Å². The summed E-state index contributed by atoms with van der Waals surface area (Å²) in [4.78, 5) is 10.4. The lowest BCUT2D eigenvalue weighted by Gasteiger charge is -2.25. The number of hydrogen-bond acceptors (Lipinski definition) is 3. The van der Waals surface area contributed by atoms with Gasteiger partial charge in [-0.3, -0.25) is 4.79 Å². The summed E-state index contributed by atoms with van der Waals surface area (Å²) in [6.45, 7) is -0.0917. The molecule has 1 rings (SSSR count). The second-order valence-electron chi connectivity index (χ2n) is 2.95. The highest BCUT2D eigenvalue weighted by atomic mass is 32.3. The molecule has 0 unspecified atom stereocenters. The zero-order valence-electron chi connectivity index (χ0n) is 6.81. The molecule has 5 nitrogen and oxygen atoms in total. The van der Waals surface area contributed by atoms with Crippen molar-refractivity contribution in [3.63, 3.8) is 0 Å². The lowest BCUT2D eigenvalue weighted by atomic mass is 9.99. The van der Waals surface area contributed by atoms with Crippen molar-refractivity contribution in [3.05, 3.63) is 0 Å². The summed E-state index contributed by atoms with van der Waals surface area (Å²) >= 11 is 0. The van der Waals surface area contributed by atoms with E-state index < -0.39 is 22.3 Å². The average molecular weight is 211 g/mol. The molecule has 0 amide bonds. The van der Waals surface area contributed by atoms with Crippen LogP contribution in [0.2, 0.25) is 0 Å². The molecule has 1 fully saturated rings. The van der Waals surface area contributed by atoms with Crippen LogP contribution in [0.15, 0.2) is 0 Å². The van der Waals surface area contributed by atoms with Crippen molar-refractivity contribution in [1.82, 2.24) is 4.31 Å². The van der Waals surface area contributed by atoms with Crippen molar-refractivity contribution in [3.8, 4) is 0 Å². The van der Waals surface area contributed by atoms with E-state index in [4.69, 9.17) is 5.11 Å². The maximum atomic E-state index is 12.4. The molecule has 1 aliphatic heterocycles. The fourth-order valence-corrected chi connectivity index (χ4v) is 1.97. The predicted octanol–water partition coefficient (Wildman–Crippen LogP) is -0.00270. The number of carboxylic acids is 1. The summed E-state index contributed by atoms with van der Waals surface area (Å²) in [5, 5.41) is 8.57. The van der Waals surface area contributed by atoms with E-state index in [0.717, 1.165) is 0 Å². The van der Waals surface area contributed by atoms with E-state index in [9.17, 15) is 17.1 Å². The second-order valence-corrected chi connectivity index (χ2v) is 4.29. The predicted molar refractivity (Wildman–Crippen MR) is 42.0 cm³/mol. The van der Waals surface area contributed by atoms with Gasteiger partial charge >= 0.3 is 16.4 Å². The normalized spacial score (nSPS) is 21.6. The quantitative estimate of drug-likeness (QED) is 0.652. The van der Waals surface area contributed by atoms with Crippen molar-refractivity contribution in [2.45, 2.75) is 12.8 Å². The number of hydrogen-bond donors (Lipinski definition) is 1. The Kier molecular flexibility index (Phi) is 2.87. The summed E-state index contributed by atoms with van der Waals surface area (Å²) in [6, 6.07) is 0. The third-order valence-electron chi connectivity index (χ3n) is 2.11. The summed E-state index contributed by atoms with van der Waals surface area (Å²) in [6.07, 6.45) is 0.358. The molecule has 1 heterocycles. The second kappa shape index (κ2) is 3.59. The molecule has 0 aliphatic carbocycles. The van der Waals surface area contributed by atoms with Crippen molar-refractivity contribution < 1.29 is 22.2 Å². The van der Waals surface area contributed by atoms with Gasteiger partial charge < -0.3 is 5.11 Å². The smallest absolute Gasteiger partial charge is 0.374 e. The Morgan fingerprint density at radius 2 is 1.85 bits per heavy atom. The minimum Gasteiger partial charge on any atom is -0.481 e.